The van der Waals surface area contributed by atoms with E-state index in [1.54, 1.807) is 35.2 Å². The predicted molar refractivity (Wildman–Crippen MR) is 119 cm³/mol. The Labute approximate surface area is 181 Å². The highest BCUT2D eigenvalue weighted by Crippen LogP contribution is 2.33. The fourth-order valence-electron chi connectivity index (χ4n) is 3.55. The first-order chi connectivity index (χ1) is 14.9. The van der Waals surface area contributed by atoms with Crippen molar-refractivity contribution in [1.29, 1.82) is 0 Å². The first kappa shape index (κ1) is 22.1. The molecule has 1 heterocycles. The summed E-state index contributed by atoms with van der Waals surface area (Å²) >= 11 is 0. The van der Waals surface area contributed by atoms with Gasteiger partial charge in [0.15, 0.2) is 6.10 Å². The molecule has 0 aromatic heterocycles. The highest BCUT2D eigenvalue weighted by Gasteiger charge is 2.32. The van der Waals surface area contributed by atoms with E-state index in [-0.39, 0.29) is 36.5 Å². The van der Waals surface area contributed by atoms with E-state index in [0.717, 1.165) is 18.5 Å². The minimum Gasteiger partial charge on any atom is -0.477 e. The smallest absolute Gasteiger partial charge is 0.263 e. The van der Waals surface area contributed by atoms with Gasteiger partial charge in [-0.05, 0) is 37.1 Å². The third kappa shape index (κ3) is 5.33. The number of carbonyl (C=O) groups is 3. The number of hydrogen-bond donors (Lipinski definition) is 3. The maximum Gasteiger partial charge on any atom is 0.263 e. The molecular formula is C23H28N4O4. The lowest BCUT2D eigenvalue weighted by Gasteiger charge is -2.35. The van der Waals surface area contributed by atoms with Crippen LogP contribution < -0.4 is 26.0 Å². The van der Waals surface area contributed by atoms with E-state index >= 15 is 0 Å². The molecule has 0 spiro atoms. The molecule has 2 aromatic carbocycles. The van der Waals surface area contributed by atoms with Gasteiger partial charge in [0.2, 0.25) is 5.91 Å². The van der Waals surface area contributed by atoms with Gasteiger partial charge in [0, 0.05) is 6.04 Å². The zero-order valence-electron chi connectivity index (χ0n) is 17.8. The molecule has 3 rings (SSSR count). The lowest BCUT2D eigenvalue weighted by molar-refractivity contribution is -0.129. The summed E-state index contributed by atoms with van der Waals surface area (Å²) in [4.78, 5) is 38.9. The molecule has 164 valence electrons. The summed E-state index contributed by atoms with van der Waals surface area (Å²) in [6.45, 7) is 4.26. The van der Waals surface area contributed by atoms with Crippen LogP contribution in [-0.4, -0.2) is 43.0 Å². The average Bonchev–Trinajstić information content (AvgIpc) is 2.77. The van der Waals surface area contributed by atoms with E-state index in [0.29, 0.717) is 11.4 Å². The third-order valence-electron chi connectivity index (χ3n) is 5.29. The zero-order valence-corrected chi connectivity index (χ0v) is 17.8. The summed E-state index contributed by atoms with van der Waals surface area (Å²) < 4.78 is 5.92. The van der Waals surface area contributed by atoms with Crippen LogP contribution in [0.4, 0.5) is 11.4 Å². The minimum atomic E-state index is -0.735. The Morgan fingerprint density at radius 2 is 1.77 bits per heavy atom. The fraction of sp³-hybridized carbons (Fsp3) is 0.348. The number of nitrogens with one attached hydrogen (secondary N) is 2. The maximum absolute atomic E-state index is 12.8. The first-order valence-electron chi connectivity index (χ1n) is 10.4. The van der Waals surface area contributed by atoms with E-state index in [4.69, 9.17) is 10.5 Å². The molecule has 0 saturated heterocycles. The average molecular weight is 425 g/mol. The number of fused-ring (bicyclic) bond motifs is 1. The van der Waals surface area contributed by atoms with Gasteiger partial charge in [-0.2, -0.15) is 0 Å². The molecule has 3 amide bonds. The van der Waals surface area contributed by atoms with Crippen LogP contribution in [0.2, 0.25) is 0 Å². The highest BCUT2D eigenvalue weighted by molar-refractivity contribution is 6.04. The van der Waals surface area contributed by atoms with Crippen molar-refractivity contribution in [3.05, 3.63) is 54.1 Å². The largest absolute Gasteiger partial charge is 0.477 e. The Bertz CT molecular complexity index is 958. The van der Waals surface area contributed by atoms with E-state index in [9.17, 15) is 14.4 Å². The van der Waals surface area contributed by atoms with Crippen LogP contribution in [0, 0.1) is 0 Å². The molecule has 1 atom stereocenters. The molecule has 1 aliphatic rings. The number of ether oxygens (including phenoxy) is 1. The van der Waals surface area contributed by atoms with Crippen LogP contribution >= 0.6 is 0 Å². The molecule has 0 fully saturated rings. The van der Waals surface area contributed by atoms with Crippen LogP contribution in [0.25, 0.3) is 0 Å². The molecule has 8 nitrogen and oxygen atoms in total. The van der Waals surface area contributed by atoms with Gasteiger partial charge in [-0.15, -0.1) is 0 Å². The van der Waals surface area contributed by atoms with Crippen LogP contribution in [0.5, 0.6) is 5.75 Å². The second kappa shape index (κ2) is 9.97. The molecule has 0 saturated carbocycles. The Morgan fingerprint density at radius 3 is 2.48 bits per heavy atom. The molecule has 0 bridgehead atoms. The van der Waals surface area contributed by atoms with Crippen LogP contribution in [0.15, 0.2) is 48.5 Å². The quantitative estimate of drug-likeness (QED) is 0.602. The Balaban J connectivity index is 1.75. The molecule has 0 aliphatic carbocycles. The molecular weight excluding hydrogens is 396 g/mol. The lowest BCUT2D eigenvalue weighted by atomic mass is 10.1. The highest BCUT2D eigenvalue weighted by atomic mass is 16.5. The van der Waals surface area contributed by atoms with Gasteiger partial charge >= 0.3 is 0 Å². The number of rotatable bonds is 8. The van der Waals surface area contributed by atoms with E-state index in [1.807, 2.05) is 32.0 Å². The number of primary amides is 1. The minimum absolute atomic E-state index is 0.0117. The molecule has 8 heteroatoms. The Morgan fingerprint density at radius 1 is 1.10 bits per heavy atom. The number of hydrogen-bond acceptors (Lipinski definition) is 5. The number of amides is 3. The van der Waals surface area contributed by atoms with Crippen LogP contribution in [-0.2, 0) is 9.59 Å². The third-order valence-corrected chi connectivity index (χ3v) is 5.29. The van der Waals surface area contributed by atoms with E-state index in [1.165, 1.54) is 0 Å². The molecule has 0 radical (unpaired) electrons. The number of anilines is 2. The predicted octanol–water partition coefficient (Wildman–Crippen LogP) is 2.30. The lowest BCUT2D eigenvalue weighted by Crippen LogP contribution is -2.52. The van der Waals surface area contributed by atoms with E-state index in [2.05, 4.69) is 10.6 Å². The SMILES string of the molecule is CCC(CC)NC(=O)C1CN(CC(=O)Nc2ccccc2C(N)=O)c2ccccc2O1. The van der Waals surface area contributed by atoms with Crippen molar-refractivity contribution in [1.82, 2.24) is 5.32 Å². The van der Waals surface area contributed by atoms with Crippen molar-refractivity contribution in [3.8, 4) is 5.75 Å². The fourth-order valence-corrected chi connectivity index (χ4v) is 3.55. The van der Waals surface area contributed by atoms with Gasteiger partial charge in [-0.1, -0.05) is 38.1 Å². The summed E-state index contributed by atoms with van der Waals surface area (Å²) in [6.07, 6.45) is 0.926. The second-order valence-electron chi connectivity index (χ2n) is 7.43. The normalized spacial score (nSPS) is 15.1. The number of nitrogens with two attached hydrogens (primary N) is 1. The first-order valence-corrected chi connectivity index (χ1v) is 10.4. The standard InChI is InChI=1S/C23H28N4O4/c1-3-15(4-2)25-23(30)20-13-27(18-11-7-8-12-19(18)31-20)14-21(28)26-17-10-6-5-9-16(17)22(24)29/h5-12,15,20H,3-4,13-14H2,1-2H3,(H2,24,29)(H,25,30)(H,26,28). The Kier molecular flexibility index (Phi) is 7.12. The van der Waals surface area contributed by atoms with Gasteiger partial charge in [0.25, 0.3) is 11.8 Å². The number of benzene rings is 2. The van der Waals surface area contributed by atoms with Gasteiger partial charge in [0.05, 0.1) is 30.0 Å². The number of para-hydroxylation sites is 3. The molecule has 31 heavy (non-hydrogen) atoms. The van der Waals surface area contributed by atoms with Crippen molar-refractivity contribution >= 4 is 29.1 Å². The molecule has 1 unspecified atom stereocenters. The summed E-state index contributed by atoms with van der Waals surface area (Å²) in [5.74, 6) is -0.605. The summed E-state index contributed by atoms with van der Waals surface area (Å²) in [6, 6.07) is 13.9. The van der Waals surface area contributed by atoms with Gasteiger partial charge in [0.1, 0.15) is 5.75 Å². The Hall–Kier alpha value is -3.55. The van der Waals surface area contributed by atoms with Gasteiger partial charge in [-0.25, -0.2) is 0 Å². The summed E-state index contributed by atoms with van der Waals surface area (Å²) in [5.41, 5.74) is 6.71. The van der Waals surface area contributed by atoms with Crippen molar-refractivity contribution < 1.29 is 19.1 Å². The topological polar surface area (TPSA) is 114 Å². The van der Waals surface area contributed by atoms with Gasteiger partial charge in [-0.3, -0.25) is 14.4 Å². The van der Waals surface area contributed by atoms with Gasteiger partial charge < -0.3 is 26.0 Å². The van der Waals surface area contributed by atoms with E-state index < -0.39 is 12.0 Å². The zero-order chi connectivity index (χ0) is 22.4. The maximum atomic E-state index is 12.8. The van der Waals surface area contributed by atoms with Crippen molar-refractivity contribution in [2.75, 3.05) is 23.3 Å². The number of nitrogens with zero attached hydrogens (tertiary/aromatic N) is 1. The second-order valence-corrected chi connectivity index (χ2v) is 7.43. The molecule has 4 N–H and O–H groups in total. The van der Waals surface area contributed by atoms with Crippen molar-refractivity contribution in [2.45, 2.75) is 38.8 Å². The van der Waals surface area contributed by atoms with Crippen molar-refractivity contribution in [3.63, 3.8) is 0 Å². The summed E-state index contributed by atoms with van der Waals surface area (Å²) in [7, 11) is 0. The molecule has 2 aromatic rings. The van der Waals surface area contributed by atoms with Crippen molar-refractivity contribution in [2.24, 2.45) is 5.73 Å². The number of carbonyl (C=O) groups excluding carboxylic acids is 3. The monoisotopic (exact) mass is 424 g/mol. The van der Waals surface area contributed by atoms with Crippen LogP contribution in [0.1, 0.15) is 37.0 Å². The summed E-state index contributed by atoms with van der Waals surface area (Å²) in [5, 5.41) is 5.75. The van der Waals surface area contributed by atoms with Crippen LogP contribution in [0.3, 0.4) is 0 Å². The molecule has 1 aliphatic heterocycles.